The third-order valence-corrected chi connectivity index (χ3v) is 5.94. The van der Waals surface area contributed by atoms with Crippen molar-refractivity contribution >= 4 is 12.6 Å². The molecule has 1 aliphatic rings. The van der Waals surface area contributed by atoms with Gasteiger partial charge < -0.3 is 25.5 Å². The third kappa shape index (κ3) is 1.39. The molecule has 0 spiro atoms. The monoisotopic (exact) mass is 266 g/mol. The van der Waals surface area contributed by atoms with Gasteiger partial charge in [0.1, 0.15) is 28.0 Å². The molecule has 6 heteroatoms. The van der Waals surface area contributed by atoms with Crippen LogP contribution in [0.3, 0.4) is 0 Å². The number of aliphatic hydroxyl groups is 5. The van der Waals surface area contributed by atoms with Crippen molar-refractivity contribution in [1.29, 1.82) is 0 Å². The van der Waals surface area contributed by atoms with Gasteiger partial charge in [0.05, 0.1) is 5.25 Å². The Labute approximate surface area is 107 Å². The summed E-state index contributed by atoms with van der Waals surface area (Å²) in [7, 11) is 0. The molecule has 1 fully saturated rings. The van der Waals surface area contributed by atoms with Gasteiger partial charge in [0.25, 0.3) is 0 Å². The molecule has 1 saturated carbocycles. The summed E-state index contributed by atoms with van der Waals surface area (Å²) in [5.74, 6) is 0. The summed E-state index contributed by atoms with van der Waals surface area (Å²) in [6.07, 6.45) is 0. The van der Waals surface area contributed by atoms with Gasteiger partial charge in [0.15, 0.2) is 0 Å². The van der Waals surface area contributed by atoms with Crippen LogP contribution in [0.5, 0.6) is 0 Å². The van der Waals surface area contributed by atoms with Gasteiger partial charge in [-0.3, -0.25) is 0 Å². The smallest absolute Gasteiger partial charge is 0.124 e. The number of thiol groups is 1. The Morgan fingerprint density at radius 3 is 1.12 bits per heavy atom. The molecule has 4 atom stereocenters. The molecule has 5 N–H and O–H groups in total. The lowest BCUT2D eigenvalue weighted by atomic mass is 9.52. The van der Waals surface area contributed by atoms with Gasteiger partial charge in [-0.2, -0.15) is 12.6 Å². The van der Waals surface area contributed by atoms with Crippen molar-refractivity contribution in [3.63, 3.8) is 0 Å². The van der Waals surface area contributed by atoms with Crippen molar-refractivity contribution < 1.29 is 25.5 Å². The number of hydrogen-bond acceptors (Lipinski definition) is 6. The maximum atomic E-state index is 10.4. The van der Waals surface area contributed by atoms with Gasteiger partial charge in [-0.15, -0.1) is 0 Å². The fraction of sp³-hybridized carbons (Fsp3) is 1.00. The molecule has 0 aromatic carbocycles. The Kier molecular flexibility index (Phi) is 3.02. The summed E-state index contributed by atoms with van der Waals surface area (Å²) in [6, 6.07) is 0. The molecule has 0 amide bonds. The minimum absolute atomic E-state index is 1.14. The van der Waals surface area contributed by atoms with E-state index >= 15 is 0 Å². The van der Waals surface area contributed by atoms with Gasteiger partial charge >= 0.3 is 0 Å². The minimum atomic E-state index is -2.12. The third-order valence-electron chi connectivity index (χ3n) is 4.93. The average molecular weight is 266 g/mol. The Hall–Kier alpha value is 0.150. The number of rotatable bonds is 0. The first-order chi connectivity index (χ1) is 7.15. The second-order valence-electron chi connectivity index (χ2n) is 5.91. The molecule has 4 unspecified atom stereocenters. The Morgan fingerprint density at radius 2 is 0.882 bits per heavy atom. The van der Waals surface area contributed by atoms with Gasteiger partial charge in [-0.25, -0.2) is 0 Å². The van der Waals surface area contributed by atoms with E-state index in [-0.39, 0.29) is 0 Å². The second-order valence-corrected chi connectivity index (χ2v) is 6.43. The average Bonchev–Trinajstić information content (AvgIpc) is 2.13. The van der Waals surface area contributed by atoms with Gasteiger partial charge in [-0.1, -0.05) is 0 Å². The molecule has 0 radical (unpaired) electrons. The highest BCUT2D eigenvalue weighted by Crippen LogP contribution is 2.54. The fourth-order valence-electron chi connectivity index (χ4n) is 2.54. The highest BCUT2D eigenvalue weighted by Gasteiger charge is 2.75. The molecule has 17 heavy (non-hydrogen) atoms. The van der Waals surface area contributed by atoms with E-state index in [0.717, 1.165) is 0 Å². The molecule has 0 saturated heterocycles. The quantitative estimate of drug-likeness (QED) is 0.318. The van der Waals surface area contributed by atoms with Crippen LogP contribution in [0.1, 0.15) is 34.6 Å². The maximum Gasteiger partial charge on any atom is 0.124 e. The minimum Gasteiger partial charge on any atom is -0.386 e. The Bertz CT molecular complexity index is 303. The summed E-state index contributed by atoms with van der Waals surface area (Å²) < 4.78 is 0. The molecule has 0 heterocycles. The van der Waals surface area contributed by atoms with Crippen molar-refractivity contribution in [1.82, 2.24) is 0 Å². The highest BCUT2D eigenvalue weighted by molar-refractivity contribution is 7.81. The van der Waals surface area contributed by atoms with E-state index in [2.05, 4.69) is 12.6 Å². The lowest BCUT2D eigenvalue weighted by Crippen LogP contribution is -2.86. The highest BCUT2D eigenvalue weighted by atomic mass is 32.1. The largest absolute Gasteiger partial charge is 0.386 e. The van der Waals surface area contributed by atoms with E-state index in [1.54, 1.807) is 0 Å². The molecule has 5 nitrogen and oxygen atoms in total. The Balaban J connectivity index is 3.56. The van der Waals surface area contributed by atoms with Crippen molar-refractivity contribution in [2.24, 2.45) is 0 Å². The first-order valence-electron chi connectivity index (χ1n) is 5.45. The molecule has 1 rings (SSSR count). The van der Waals surface area contributed by atoms with Crippen LogP contribution in [-0.4, -0.2) is 58.8 Å². The van der Waals surface area contributed by atoms with Crippen molar-refractivity contribution in [2.45, 2.75) is 67.9 Å². The van der Waals surface area contributed by atoms with E-state index in [1.165, 1.54) is 34.6 Å². The molecular formula is C11H22O5S. The summed E-state index contributed by atoms with van der Waals surface area (Å²) in [4.78, 5) is 0. The normalized spacial score (nSPS) is 64.8. The predicted molar refractivity (Wildman–Crippen MR) is 65.9 cm³/mol. The van der Waals surface area contributed by atoms with Crippen LogP contribution in [0, 0.1) is 0 Å². The topological polar surface area (TPSA) is 101 Å². The lowest BCUT2D eigenvalue weighted by Gasteiger charge is -2.65. The van der Waals surface area contributed by atoms with E-state index in [1.807, 2.05) is 0 Å². The first kappa shape index (κ1) is 15.2. The molecule has 0 aromatic rings. The van der Waals surface area contributed by atoms with Gasteiger partial charge in [0, 0.05) is 0 Å². The van der Waals surface area contributed by atoms with Gasteiger partial charge in [-0.05, 0) is 34.6 Å². The number of hydrogen-bond donors (Lipinski definition) is 6. The predicted octanol–water partition coefficient (Wildman–Crippen LogP) is -0.947. The zero-order valence-corrected chi connectivity index (χ0v) is 11.7. The van der Waals surface area contributed by atoms with Crippen LogP contribution in [0.15, 0.2) is 0 Å². The van der Waals surface area contributed by atoms with E-state index in [4.69, 9.17) is 0 Å². The molecule has 0 aliphatic heterocycles. The van der Waals surface area contributed by atoms with E-state index in [9.17, 15) is 25.5 Å². The molecular weight excluding hydrogens is 244 g/mol. The van der Waals surface area contributed by atoms with Crippen LogP contribution < -0.4 is 0 Å². The standard InChI is InChI=1S/C11H22O5S/c1-7(12)6(17)8(2,13)10(4,15)11(5,16)9(7,3)14/h6,12-17H,1-5H3. The lowest BCUT2D eigenvalue weighted by molar-refractivity contribution is -0.353. The van der Waals surface area contributed by atoms with Crippen LogP contribution in [-0.2, 0) is 0 Å². The van der Waals surface area contributed by atoms with Gasteiger partial charge in [0.2, 0.25) is 0 Å². The van der Waals surface area contributed by atoms with Crippen molar-refractivity contribution in [3.05, 3.63) is 0 Å². The van der Waals surface area contributed by atoms with Crippen LogP contribution in [0.2, 0.25) is 0 Å². The molecule has 0 bridgehead atoms. The molecule has 102 valence electrons. The molecule has 0 aromatic heterocycles. The molecule has 1 aliphatic carbocycles. The zero-order chi connectivity index (χ0) is 14.1. The van der Waals surface area contributed by atoms with Crippen molar-refractivity contribution in [2.75, 3.05) is 0 Å². The van der Waals surface area contributed by atoms with Crippen LogP contribution >= 0.6 is 12.6 Å². The van der Waals surface area contributed by atoms with E-state index in [0.29, 0.717) is 0 Å². The SMILES string of the molecule is CC1(O)C(S)C(C)(O)C(C)(O)C(C)(O)C1(C)O. The summed E-state index contributed by atoms with van der Waals surface area (Å²) in [6.45, 7) is 6.13. The maximum absolute atomic E-state index is 10.4. The van der Waals surface area contributed by atoms with Crippen LogP contribution in [0.25, 0.3) is 0 Å². The summed E-state index contributed by atoms with van der Waals surface area (Å²) in [5, 5.41) is 50.6. The first-order valence-corrected chi connectivity index (χ1v) is 5.97. The fourth-order valence-corrected chi connectivity index (χ4v) is 3.04. The van der Waals surface area contributed by atoms with Crippen LogP contribution in [0.4, 0.5) is 0 Å². The van der Waals surface area contributed by atoms with Crippen molar-refractivity contribution in [3.8, 4) is 0 Å². The Morgan fingerprint density at radius 1 is 0.647 bits per heavy atom. The second kappa shape index (κ2) is 3.37. The zero-order valence-electron chi connectivity index (χ0n) is 10.8. The summed E-state index contributed by atoms with van der Waals surface area (Å²) in [5.41, 5.74) is -9.97. The summed E-state index contributed by atoms with van der Waals surface area (Å²) >= 11 is 4.10. The van der Waals surface area contributed by atoms with E-state index < -0.39 is 33.3 Å².